The maximum absolute atomic E-state index is 13.1. The molecule has 0 aliphatic heterocycles. The van der Waals surface area contributed by atoms with E-state index in [4.69, 9.17) is 39.5 Å². The third-order valence-corrected chi connectivity index (χ3v) is 3.87. The zero-order valence-corrected chi connectivity index (χ0v) is 12.7. The molecule has 8 heteroatoms. The van der Waals surface area contributed by atoms with Crippen molar-refractivity contribution in [1.29, 1.82) is 0 Å². The van der Waals surface area contributed by atoms with E-state index < -0.39 is 11.9 Å². The molecule has 0 saturated carbocycles. The lowest BCUT2D eigenvalue weighted by molar-refractivity contribution is -0.140. The maximum Gasteiger partial charge on any atom is 0.434 e. The van der Waals surface area contributed by atoms with Crippen LogP contribution >= 0.6 is 34.8 Å². The zero-order valence-electron chi connectivity index (χ0n) is 10.4. The van der Waals surface area contributed by atoms with Crippen molar-refractivity contribution in [3.05, 3.63) is 45.2 Å². The van der Waals surface area contributed by atoms with Gasteiger partial charge in [-0.1, -0.05) is 34.8 Å². The van der Waals surface area contributed by atoms with Crippen molar-refractivity contribution in [2.24, 2.45) is 0 Å². The van der Waals surface area contributed by atoms with E-state index >= 15 is 0 Å². The number of rotatable bonds is 2. The van der Waals surface area contributed by atoms with E-state index in [0.717, 1.165) is 6.20 Å². The van der Waals surface area contributed by atoms with Crippen molar-refractivity contribution < 1.29 is 17.9 Å². The van der Waals surface area contributed by atoms with Gasteiger partial charge in [0.2, 0.25) is 0 Å². The Morgan fingerprint density at radius 2 is 1.67 bits per heavy atom. The van der Waals surface area contributed by atoms with Gasteiger partial charge in [-0.25, -0.2) is 0 Å². The van der Waals surface area contributed by atoms with Gasteiger partial charge in [0.15, 0.2) is 5.69 Å². The highest BCUT2D eigenvalue weighted by molar-refractivity contribution is 6.48. The molecular weight excluding hydrogens is 350 g/mol. The Kier molecular flexibility index (Phi) is 4.56. The number of alkyl halides is 3. The van der Waals surface area contributed by atoms with E-state index in [0.29, 0.717) is 0 Å². The predicted octanol–water partition coefficient (Wildman–Crippen LogP) is 5.74. The summed E-state index contributed by atoms with van der Waals surface area (Å²) >= 11 is 17.6. The van der Waals surface area contributed by atoms with Gasteiger partial charge < -0.3 is 4.74 Å². The van der Waals surface area contributed by atoms with Crippen molar-refractivity contribution in [1.82, 2.24) is 4.98 Å². The SMILES string of the molecule is COc1ccnc(C(F)(F)F)c1-c1cc(Cl)c(Cl)c(Cl)c1. The fourth-order valence-corrected chi connectivity index (χ4v) is 2.40. The fourth-order valence-electron chi connectivity index (χ4n) is 1.81. The molecule has 1 aromatic carbocycles. The van der Waals surface area contributed by atoms with Gasteiger partial charge in [-0.3, -0.25) is 4.98 Å². The van der Waals surface area contributed by atoms with E-state index in [1.54, 1.807) is 0 Å². The number of methoxy groups -OCH3 is 1. The minimum absolute atomic E-state index is 0.00628. The first kappa shape index (κ1) is 16.2. The maximum atomic E-state index is 13.1. The minimum atomic E-state index is -4.65. The van der Waals surface area contributed by atoms with E-state index in [1.807, 2.05) is 0 Å². The summed E-state index contributed by atoms with van der Waals surface area (Å²) in [7, 11) is 1.26. The van der Waals surface area contributed by atoms with Crippen molar-refractivity contribution in [3.63, 3.8) is 0 Å². The molecule has 0 atom stereocenters. The Bertz CT molecular complexity index is 666. The van der Waals surface area contributed by atoms with E-state index in [-0.39, 0.29) is 31.9 Å². The zero-order chi connectivity index (χ0) is 15.8. The molecule has 2 aromatic rings. The first-order valence-electron chi connectivity index (χ1n) is 5.50. The van der Waals surface area contributed by atoms with Crippen LogP contribution in [0.1, 0.15) is 5.69 Å². The molecule has 112 valence electrons. The van der Waals surface area contributed by atoms with Crippen LogP contribution in [0.15, 0.2) is 24.4 Å². The second-order valence-corrected chi connectivity index (χ2v) is 5.18. The predicted molar refractivity (Wildman–Crippen MR) is 76.3 cm³/mol. The smallest absolute Gasteiger partial charge is 0.434 e. The monoisotopic (exact) mass is 355 g/mol. The molecular formula is C13H7Cl3F3NO. The fraction of sp³-hybridized carbons (Fsp3) is 0.154. The molecule has 0 amide bonds. The van der Waals surface area contributed by atoms with Gasteiger partial charge in [0, 0.05) is 6.20 Å². The molecule has 0 unspecified atom stereocenters. The number of hydrogen-bond acceptors (Lipinski definition) is 2. The summed E-state index contributed by atoms with van der Waals surface area (Å²) < 4.78 is 44.3. The highest BCUT2D eigenvalue weighted by Crippen LogP contribution is 2.43. The summed E-state index contributed by atoms with van der Waals surface area (Å²) in [5.41, 5.74) is -1.21. The summed E-state index contributed by atoms with van der Waals surface area (Å²) in [6.07, 6.45) is -3.63. The molecule has 0 spiro atoms. The molecule has 0 radical (unpaired) electrons. The molecule has 1 heterocycles. The normalized spacial score (nSPS) is 11.6. The van der Waals surface area contributed by atoms with Gasteiger partial charge in [-0.2, -0.15) is 13.2 Å². The number of hydrogen-bond donors (Lipinski definition) is 0. The lowest BCUT2D eigenvalue weighted by Crippen LogP contribution is -2.11. The van der Waals surface area contributed by atoms with Gasteiger partial charge >= 0.3 is 6.18 Å². The number of ether oxygens (including phenoxy) is 1. The largest absolute Gasteiger partial charge is 0.496 e. The van der Waals surface area contributed by atoms with E-state index in [2.05, 4.69) is 4.98 Å². The number of nitrogens with zero attached hydrogens (tertiary/aromatic N) is 1. The van der Waals surface area contributed by atoms with Crippen molar-refractivity contribution in [3.8, 4) is 16.9 Å². The number of halogens is 6. The number of pyridine rings is 1. The van der Waals surface area contributed by atoms with E-state index in [9.17, 15) is 13.2 Å². The molecule has 0 saturated heterocycles. The minimum Gasteiger partial charge on any atom is -0.496 e. The van der Waals surface area contributed by atoms with Crippen LogP contribution in [-0.2, 0) is 6.18 Å². The van der Waals surface area contributed by atoms with Crippen LogP contribution in [-0.4, -0.2) is 12.1 Å². The lowest BCUT2D eigenvalue weighted by atomic mass is 10.0. The average molecular weight is 357 g/mol. The molecule has 21 heavy (non-hydrogen) atoms. The second kappa shape index (κ2) is 5.91. The van der Waals surface area contributed by atoms with Crippen molar-refractivity contribution in [2.75, 3.05) is 7.11 Å². The first-order chi connectivity index (χ1) is 9.75. The Morgan fingerprint density at radius 1 is 1.10 bits per heavy atom. The molecule has 0 N–H and O–H groups in total. The quantitative estimate of drug-likeness (QED) is 0.640. The second-order valence-electron chi connectivity index (χ2n) is 3.99. The molecule has 0 aliphatic carbocycles. The summed E-state index contributed by atoms with van der Waals surface area (Å²) in [6.45, 7) is 0. The van der Waals surface area contributed by atoms with Gasteiger partial charge in [-0.05, 0) is 23.8 Å². The van der Waals surface area contributed by atoms with Crippen molar-refractivity contribution in [2.45, 2.75) is 6.18 Å². The summed E-state index contributed by atoms with van der Waals surface area (Å²) in [6, 6.07) is 3.88. The highest BCUT2D eigenvalue weighted by Gasteiger charge is 2.37. The Hall–Kier alpha value is -1.17. The van der Waals surface area contributed by atoms with Crippen LogP contribution in [0, 0.1) is 0 Å². The molecule has 2 nitrogen and oxygen atoms in total. The van der Waals surface area contributed by atoms with E-state index in [1.165, 1.54) is 25.3 Å². The highest BCUT2D eigenvalue weighted by atomic mass is 35.5. The molecule has 1 aromatic heterocycles. The van der Waals surface area contributed by atoms with Gasteiger partial charge in [0.25, 0.3) is 0 Å². The van der Waals surface area contributed by atoms with Gasteiger partial charge in [0.05, 0.1) is 27.7 Å². The Morgan fingerprint density at radius 3 is 2.14 bits per heavy atom. The molecule has 0 fully saturated rings. The van der Waals surface area contributed by atoms with Gasteiger partial charge in [-0.15, -0.1) is 0 Å². The van der Waals surface area contributed by atoms with Crippen LogP contribution in [0.5, 0.6) is 5.75 Å². The van der Waals surface area contributed by atoms with Crippen molar-refractivity contribution >= 4 is 34.8 Å². The van der Waals surface area contributed by atoms with Crippen LogP contribution in [0.3, 0.4) is 0 Å². The Labute approximate surface area is 133 Å². The molecule has 0 aliphatic rings. The summed E-state index contributed by atoms with van der Waals surface area (Å²) in [4.78, 5) is 3.39. The Balaban J connectivity index is 2.79. The lowest BCUT2D eigenvalue weighted by Gasteiger charge is -2.16. The first-order valence-corrected chi connectivity index (χ1v) is 6.64. The molecule has 0 bridgehead atoms. The summed E-state index contributed by atoms with van der Waals surface area (Å²) in [5, 5.41) is 0.148. The average Bonchev–Trinajstić information content (AvgIpc) is 2.42. The van der Waals surface area contributed by atoms with Crippen LogP contribution in [0.4, 0.5) is 13.2 Å². The van der Waals surface area contributed by atoms with Crippen LogP contribution in [0.25, 0.3) is 11.1 Å². The third-order valence-electron chi connectivity index (χ3n) is 2.67. The number of benzene rings is 1. The van der Waals surface area contributed by atoms with Crippen LogP contribution < -0.4 is 4.74 Å². The van der Waals surface area contributed by atoms with Crippen LogP contribution in [0.2, 0.25) is 15.1 Å². The standard InChI is InChI=1S/C13H7Cl3F3NO/c1-21-9-2-3-20-12(13(17,18)19)10(9)6-4-7(14)11(16)8(15)5-6/h2-5H,1H3. The topological polar surface area (TPSA) is 22.1 Å². The third kappa shape index (κ3) is 3.20. The number of aromatic nitrogens is 1. The van der Waals surface area contributed by atoms with Gasteiger partial charge in [0.1, 0.15) is 5.75 Å². The summed E-state index contributed by atoms with van der Waals surface area (Å²) in [5.74, 6) is 0.00628. The molecule has 2 rings (SSSR count).